The summed E-state index contributed by atoms with van der Waals surface area (Å²) in [5.74, 6) is 0.594. The van der Waals surface area contributed by atoms with Crippen molar-refractivity contribution in [3.05, 3.63) is 22.8 Å². The fourth-order valence-electron chi connectivity index (χ4n) is 2.91. The van der Waals surface area contributed by atoms with Crippen LogP contribution >= 0.6 is 11.3 Å². The molecule has 3 heterocycles. The summed E-state index contributed by atoms with van der Waals surface area (Å²) in [6.45, 7) is 6.38. The monoisotopic (exact) mass is 336 g/mol. The second-order valence-corrected chi connectivity index (χ2v) is 7.17. The van der Waals surface area contributed by atoms with Crippen molar-refractivity contribution in [2.75, 3.05) is 36.5 Å². The predicted molar refractivity (Wildman–Crippen MR) is 89.6 cm³/mol. The standard InChI is InChI=1S/C15H21FN6S/c1-10-13(16)14(18-9-17-10)21(3)8-12-4-6-22(7-5-12)15-20-19-11(2)23-15/h9,12H,4-8H2,1-3H3. The molecule has 0 unspecified atom stereocenters. The first-order chi connectivity index (χ1) is 11.0. The van der Waals surface area contributed by atoms with Crippen LogP contribution in [0.4, 0.5) is 15.3 Å². The van der Waals surface area contributed by atoms with Gasteiger partial charge in [0.1, 0.15) is 11.3 Å². The lowest BCUT2D eigenvalue weighted by molar-refractivity contribution is 0.406. The van der Waals surface area contributed by atoms with E-state index in [0.717, 1.165) is 42.6 Å². The minimum absolute atomic E-state index is 0.322. The summed E-state index contributed by atoms with van der Waals surface area (Å²) in [5.41, 5.74) is 0.392. The largest absolute Gasteiger partial charge is 0.357 e. The lowest BCUT2D eigenvalue weighted by atomic mass is 9.96. The number of halogens is 1. The first-order valence-electron chi connectivity index (χ1n) is 7.78. The highest BCUT2D eigenvalue weighted by Crippen LogP contribution is 2.27. The van der Waals surface area contributed by atoms with Gasteiger partial charge in [-0.1, -0.05) is 11.3 Å². The van der Waals surface area contributed by atoms with Gasteiger partial charge in [-0.2, -0.15) is 0 Å². The quantitative estimate of drug-likeness (QED) is 0.855. The van der Waals surface area contributed by atoms with Crippen molar-refractivity contribution < 1.29 is 4.39 Å². The van der Waals surface area contributed by atoms with E-state index in [2.05, 4.69) is 25.1 Å². The fraction of sp³-hybridized carbons (Fsp3) is 0.600. The third kappa shape index (κ3) is 3.57. The first-order valence-corrected chi connectivity index (χ1v) is 8.59. The number of aromatic nitrogens is 4. The van der Waals surface area contributed by atoms with Crippen molar-refractivity contribution in [1.29, 1.82) is 0 Å². The highest BCUT2D eigenvalue weighted by atomic mass is 32.1. The summed E-state index contributed by atoms with van der Waals surface area (Å²) in [7, 11) is 1.89. The number of aryl methyl sites for hydroxylation is 2. The third-order valence-corrected chi connectivity index (χ3v) is 5.14. The molecule has 0 radical (unpaired) electrons. The maximum atomic E-state index is 14.1. The summed E-state index contributed by atoms with van der Waals surface area (Å²) in [4.78, 5) is 12.2. The van der Waals surface area contributed by atoms with Crippen LogP contribution in [0.3, 0.4) is 0 Å². The van der Waals surface area contributed by atoms with Gasteiger partial charge < -0.3 is 9.80 Å². The van der Waals surface area contributed by atoms with E-state index in [1.165, 1.54) is 6.33 Å². The zero-order chi connectivity index (χ0) is 16.4. The Morgan fingerprint density at radius 1 is 1.26 bits per heavy atom. The minimum Gasteiger partial charge on any atom is -0.357 e. The van der Waals surface area contributed by atoms with Gasteiger partial charge in [-0.25, -0.2) is 14.4 Å². The molecule has 2 aromatic rings. The average Bonchev–Trinajstić information content (AvgIpc) is 2.97. The molecule has 6 nitrogen and oxygen atoms in total. The van der Waals surface area contributed by atoms with Crippen LogP contribution in [0.15, 0.2) is 6.33 Å². The van der Waals surface area contributed by atoms with Crippen molar-refractivity contribution in [2.45, 2.75) is 26.7 Å². The van der Waals surface area contributed by atoms with E-state index in [1.54, 1.807) is 18.3 Å². The Kier molecular flexibility index (Phi) is 4.70. The van der Waals surface area contributed by atoms with Gasteiger partial charge in [0, 0.05) is 26.7 Å². The molecule has 0 spiro atoms. The van der Waals surface area contributed by atoms with Gasteiger partial charge in [0.2, 0.25) is 5.13 Å². The molecule has 0 aliphatic carbocycles. The molecule has 0 aromatic carbocycles. The number of nitrogens with zero attached hydrogens (tertiary/aromatic N) is 6. The van der Waals surface area contributed by atoms with E-state index in [-0.39, 0.29) is 5.82 Å². The lowest BCUT2D eigenvalue weighted by Gasteiger charge is -2.33. The van der Waals surface area contributed by atoms with E-state index in [1.807, 2.05) is 18.9 Å². The molecular weight excluding hydrogens is 315 g/mol. The van der Waals surface area contributed by atoms with Crippen LogP contribution < -0.4 is 9.80 Å². The Bertz CT molecular complexity index is 668. The molecule has 0 amide bonds. The van der Waals surface area contributed by atoms with E-state index in [0.29, 0.717) is 17.4 Å². The van der Waals surface area contributed by atoms with Crippen molar-refractivity contribution in [3.8, 4) is 0 Å². The molecule has 8 heteroatoms. The Balaban J connectivity index is 1.57. The Morgan fingerprint density at radius 3 is 2.65 bits per heavy atom. The van der Waals surface area contributed by atoms with E-state index < -0.39 is 0 Å². The number of piperidine rings is 1. The number of rotatable bonds is 4. The topological polar surface area (TPSA) is 58.0 Å². The Labute approximate surface area is 139 Å². The summed E-state index contributed by atoms with van der Waals surface area (Å²) in [6.07, 6.45) is 3.55. The molecule has 0 bridgehead atoms. The maximum Gasteiger partial charge on any atom is 0.208 e. The predicted octanol–water partition coefficient (Wildman–Crippen LogP) is 2.44. The molecule has 1 saturated heterocycles. The van der Waals surface area contributed by atoms with Gasteiger partial charge in [-0.3, -0.25) is 0 Å². The van der Waals surface area contributed by atoms with E-state index >= 15 is 0 Å². The van der Waals surface area contributed by atoms with E-state index in [4.69, 9.17) is 0 Å². The summed E-state index contributed by atoms with van der Waals surface area (Å²) in [6, 6.07) is 0. The van der Waals surface area contributed by atoms with Crippen LogP contribution in [0.1, 0.15) is 23.5 Å². The van der Waals surface area contributed by atoms with Crippen LogP contribution in [0.5, 0.6) is 0 Å². The van der Waals surface area contributed by atoms with Crippen molar-refractivity contribution in [2.24, 2.45) is 5.92 Å². The van der Waals surface area contributed by atoms with Crippen LogP contribution in [0.25, 0.3) is 0 Å². The van der Waals surface area contributed by atoms with Crippen molar-refractivity contribution in [3.63, 3.8) is 0 Å². The number of hydrogen-bond acceptors (Lipinski definition) is 7. The number of anilines is 2. The van der Waals surface area contributed by atoms with Gasteiger partial charge in [0.15, 0.2) is 11.6 Å². The Morgan fingerprint density at radius 2 is 2.00 bits per heavy atom. The molecule has 0 saturated carbocycles. The number of hydrogen-bond donors (Lipinski definition) is 0. The molecule has 2 aromatic heterocycles. The van der Waals surface area contributed by atoms with Crippen LogP contribution in [-0.4, -0.2) is 46.8 Å². The van der Waals surface area contributed by atoms with Gasteiger partial charge in [0.05, 0.1) is 5.69 Å². The third-order valence-electron chi connectivity index (χ3n) is 4.24. The minimum atomic E-state index is -0.322. The van der Waals surface area contributed by atoms with E-state index in [9.17, 15) is 4.39 Å². The average molecular weight is 336 g/mol. The smallest absolute Gasteiger partial charge is 0.208 e. The molecule has 124 valence electrons. The molecule has 1 aliphatic heterocycles. The summed E-state index contributed by atoms with van der Waals surface area (Å²) in [5, 5.41) is 10.3. The van der Waals surface area contributed by atoms with Crippen LogP contribution in [-0.2, 0) is 0 Å². The van der Waals surface area contributed by atoms with Gasteiger partial charge in [-0.15, -0.1) is 10.2 Å². The molecular formula is C15H21FN6S. The first kappa shape index (κ1) is 16.0. The summed E-state index contributed by atoms with van der Waals surface area (Å²) < 4.78 is 14.1. The zero-order valence-corrected chi connectivity index (χ0v) is 14.5. The van der Waals surface area contributed by atoms with Crippen molar-refractivity contribution in [1.82, 2.24) is 20.2 Å². The zero-order valence-electron chi connectivity index (χ0n) is 13.7. The molecule has 0 atom stereocenters. The normalized spacial score (nSPS) is 15.9. The highest BCUT2D eigenvalue weighted by molar-refractivity contribution is 7.15. The van der Waals surface area contributed by atoms with Crippen LogP contribution in [0, 0.1) is 25.6 Å². The van der Waals surface area contributed by atoms with Crippen LogP contribution in [0.2, 0.25) is 0 Å². The second-order valence-electron chi connectivity index (χ2n) is 6.01. The van der Waals surface area contributed by atoms with Gasteiger partial charge >= 0.3 is 0 Å². The molecule has 23 heavy (non-hydrogen) atoms. The maximum absolute atomic E-state index is 14.1. The Hall–Kier alpha value is -1.83. The van der Waals surface area contributed by atoms with Gasteiger partial charge in [0.25, 0.3) is 0 Å². The fourth-order valence-corrected chi connectivity index (χ4v) is 3.65. The molecule has 3 rings (SSSR count). The molecule has 1 aliphatic rings. The van der Waals surface area contributed by atoms with Crippen molar-refractivity contribution >= 4 is 22.3 Å². The lowest BCUT2D eigenvalue weighted by Crippen LogP contribution is -2.38. The SMILES string of the molecule is Cc1nnc(N2CCC(CN(C)c3ncnc(C)c3F)CC2)s1. The van der Waals surface area contributed by atoms with Gasteiger partial charge in [-0.05, 0) is 32.6 Å². The molecule has 0 N–H and O–H groups in total. The second kappa shape index (κ2) is 6.74. The molecule has 1 fully saturated rings. The highest BCUT2D eigenvalue weighted by Gasteiger charge is 2.24. The summed E-state index contributed by atoms with van der Waals surface area (Å²) >= 11 is 1.64.